The Kier molecular flexibility index (Phi) is 5.51. The van der Waals surface area contributed by atoms with Crippen molar-refractivity contribution in [3.63, 3.8) is 0 Å². The number of aromatic nitrogens is 1. The normalized spacial score (nSPS) is 13.7. The largest absolute Gasteiger partial charge is 0.325 e. The predicted octanol–water partition coefficient (Wildman–Crippen LogP) is 5.29. The van der Waals surface area contributed by atoms with Gasteiger partial charge in [0.05, 0.1) is 15.9 Å². The molecule has 0 saturated carbocycles. The van der Waals surface area contributed by atoms with E-state index in [1.54, 1.807) is 29.5 Å². The van der Waals surface area contributed by atoms with Crippen LogP contribution in [0.2, 0.25) is 0 Å². The van der Waals surface area contributed by atoms with E-state index in [4.69, 9.17) is 0 Å². The average molecular weight is 461 g/mol. The van der Waals surface area contributed by atoms with Crippen LogP contribution in [0, 0.1) is 12.7 Å². The number of hydrogen-bond acceptors (Lipinski definition) is 4. The summed E-state index contributed by atoms with van der Waals surface area (Å²) in [5.41, 5.74) is 4.01. The third kappa shape index (κ3) is 4.29. The van der Waals surface area contributed by atoms with Crippen molar-refractivity contribution >= 4 is 44.9 Å². The van der Waals surface area contributed by atoms with Gasteiger partial charge in [-0.25, -0.2) is 14.2 Å². The molecule has 8 heteroatoms. The number of anilines is 2. The van der Waals surface area contributed by atoms with Gasteiger partial charge in [-0.1, -0.05) is 18.2 Å². The smallest absolute Gasteiger partial charge is 0.325 e. The van der Waals surface area contributed by atoms with E-state index < -0.39 is 5.82 Å². The molecule has 0 radical (unpaired) electrons. The number of rotatable bonds is 5. The Morgan fingerprint density at radius 1 is 1.09 bits per heavy atom. The summed E-state index contributed by atoms with van der Waals surface area (Å²) in [5, 5.41) is 3.75. The lowest BCUT2D eigenvalue weighted by atomic mass is 10.2. The van der Waals surface area contributed by atoms with Crippen molar-refractivity contribution < 1.29 is 14.0 Å². The molecule has 166 valence electrons. The first-order valence-corrected chi connectivity index (χ1v) is 11.4. The van der Waals surface area contributed by atoms with E-state index in [2.05, 4.69) is 23.3 Å². The summed E-state index contributed by atoms with van der Waals surface area (Å²) < 4.78 is 15.2. The van der Waals surface area contributed by atoms with Gasteiger partial charge >= 0.3 is 6.03 Å². The van der Waals surface area contributed by atoms with Gasteiger partial charge < -0.3 is 10.2 Å². The maximum Gasteiger partial charge on any atom is 0.325 e. The topological polar surface area (TPSA) is 65.5 Å². The van der Waals surface area contributed by atoms with Gasteiger partial charge in [0.2, 0.25) is 5.91 Å². The van der Waals surface area contributed by atoms with Gasteiger partial charge in [-0.3, -0.25) is 9.69 Å². The van der Waals surface area contributed by atoms with Gasteiger partial charge in [-0.15, -0.1) is 11.3 Å². The van der Waals surface area contributed by atoms with Gasteiger partial charge in [0, 0.05) is 24.3 Å². The number of fused-ring (bicyclic) bond motifs is 1. The van der Waals surface area contributed by atoms with E-state index in [1.807, 2.05) is 36.4 Å². The Bertz CT molecular complexity index is 1350. The standard InChI is InChI=1S/C25H21FN4O2S/c1-16-6-11-20-22(14-16)33-24(28-20)17-7-9-18(10-8-17)27-23(31)15-29-12-13-30(25(29)32)21-5-3-2-4-19(21)26/h2-11,14H,12-13,15H2,1H3,(H,27,31). The van der Waals surface area contributed by atoms with E-state index in [0.717, 1.165) is 20.8 Å². The van der Waals surface area contributed by atoms with Crippen LogP contribution in [-0.4, -0.2) is 41.5 Å². The Morgan fingerprint density at radius 3 is 2.67 bits per heavy atom. The second-order valence-electron chi connectivity index (χ2n) is 7.92. The molecule has 1 saturated heterocycles. The molecule has 4 aromatic rings. The number of aryl methyl sites for hydroxylation is 1. The molecule has 2 heterocycles. The maximum absolute atomic E-state index is 14.0. The Hall–Kier alpha value is -3.78. The van der Waals surface area contributed by atoms with Gasteiger partial charge in [0.15, 0.2) is 0 Å². The summed E-state index contributed by atoms with van der Waals surface area (Å²) in [7, 11) is 0. The molecule has 6 nitrogen and oxygen atoms in total. The first-order chi connectivity index (χ1) is 16.0. The SMILES string of the molecule is Cc1ccc2nc(-c3ccc(NC(=O)CN4CCN(c5ccccc5F)C4=O)cc3)sc2c1. The minimum absolute atomic E-state index is 0.0945. The molecule has 0 aliphatic carbocycles. The number of benzene rings is 3. The van der Waals surface area contributed by atoms with Crippen molar-refractivity contribution in [1.82, 2.24) is 9.88 Å². The number of nitrogens with zero attached hydrogens (tertiary/aromatic N) is 3. The molecule has 1 aliphatic heterocycles. The monoisotopic (exact) mass is 460 g/mol. The van der Waals surface area contributed by atoms with Crippen LogP contribution < -0.4 is 10.2 Å². The Labute approximate surface area is 194 Å². The summed E-state index contributed by atoms with van der Waals surface area (Å²) in [5.74, 6) is -0.762. The maximum atomic E-state index is 14.0. The zero-order valence-electron chi connectivity index (χ0n) is 17.9. The molecule has 1 fully saturated rings. The number of carbonyl (C=O) groups excluding carboxylic acids is 2. The van der Waals surface area contributed by atoms with E-state index in [0.29, 0.717) is 18.8 Å². The molecule has 33 heavy (non-hydrogen) atoms. The molecule has 1 N–H and O–H groups in total. The highest BCUT2D eigenvalue weighted by atomic mass is 32.1. The summed E-state index contributed by atoms with van der Waals surface area (Å²) in [6, 6.07) is 19.4. The number of halogens is 1. The minimum Gasteiger partial charge on any atom is -0.325 e. The zero-order valence-corrected chi connectivity index (χ0v) is 18.7. The average Bonchev–Trinajstić information content (AvgIpc) is 3.38. The van der Waals surface area contributed by atoms with Gasteiger partial charge in [-0.05, 0) is 61.0 Å². The highest BCUT2D eigenvalue weighted by molar-refractivity contribution is 7.21. The third-order valence-corrected chi connectivity index (χ3v) is 6.60. The van der Waals surface area contributed by atoms with Crippen molar-refractivity contribution in [3.05, 3.63) is 78.1 Å². The summed E-state index contributed by atoms with van der Waals surface area (Å²) in [6.07, 6.45) is 0. The van der Waals surface area contributed by atoms with Crippen LogP contribution in [-0.2, 0) is 4.79 Å². The third-order valence-electron chi connectivity index (χ3n) is 5.53. The summed E-state index contributed by atoms with van der Waals surface area (Å²) in [6.45, 7) is 2.66. The lowest BCUT2D eigenvalue weighted by molar-refractivity contribution is -0.116. The number of urea groups is 1. The fraction of sp³-hybridized carbons (Fsp3) is 0.160. The van der Waals surface area contributed by atoms with Gasteiger partial charge in [0.25, 0.3) is 0 Å². The molecule has 0 bridgehead atoms. The van der Waals surface area contributed by atoms with E-state index in [-0.39, 0.29) is 24.2 Å². The Morgan fingerprint density at radius 2 is 1.88 bits per heavy atom. The molecule has 1 aromatic heterocycles. The minimum atomic E-state index is -0.458. The van der Waals surface area contributed by atoms with Crippen molar-refractivity contribution in [2.45, 2.75) is 6.92 Å². The number of amides is 3. The van der Waals surface area contributed by atoms with E-state index >= 15 is 0 Å². The van der Waals surface area contributed by atoms with Crippen molar-refractivity contribution in [3.8, 4) is 10.6 Å². The molecule has 3 aromatic carbocycles. The first-order valence-electron chi connectivity index (χ1n) is 10.6. The van der Waals surface area contributed by atoms with Crippen molar-refractivity contribution in [2.75, 3.05) is 29.9 Å². The molecular weight excluding hydrogens is 439 g/mol. The number of thiazole rings is 1. The highest BCUT2D eigenvalue weighted by Crippen LogP contribution is 2.31. The van der Waals surface area contributed by atoms with Crippen LogP contribution in [0.5, 0.6) is 0 Å². The molecule has 0 spiro atoms. The first kappa shape index (κ1) is 21.1. The molecule has 1 aliphatic rings. The fourth-order valence-corrected chi connectivity index (χ4v) is 4.92. The second-order valence-corrected chi connectivity index (χ2v) is 8.95. The number of nitrogens with one attached hydrogen (secondary N) is 1. The molecular formula is C25H21FN4O2S. The second kappa shape index (κ2) is 8.63. The van der Waals surface area contributed by atoms with Crippen LogP contribution in [0.1, 0.15) is 5.56 Å². The number of para-hydroxylation sites is 1. The van der Waals surface area contributed by atoms with Crippen molar-refractivity contribution in [2.24, 2.45) is 0 Å². The van der Waals surface area contributed by atoms with Gasteiger partial charge in [0.1, 0.15) is 17.4 Å². The Balaban J connectivity index is 1.22. The zero-order chi connectivity index (χ0) is 22.9. The molecule has 0 atom stereocenters. The van der Waals surface area contributed by atoms with Crippen LogP contribution >= 0.6 is 11.3 Å². The van der Waals surface area contributed by atoms with Crippen molar-refractivity contribution in [1.29, 1.82) is 0 Å². The lowest BCUT2D eigenvalue weighted by Gasteiger charge is -2.18. The number of hydrogen-bond donors (Lipinski definition) is 1. The van der Waals surface area contributed by atoms with Crippen LogP contribution in [0.3, 0.4) is 0 Å². The molecule has 3 amide bonds. The molecule has 0 unspecified atom stereocenters. The summed E-state index contributed by atoms with van der Waals surface area (Å²) in [4.78, 5) is 32.6. The summed E-state index contributed by atoms with van der Waals surface area (Å²) >= 11 is 1.63. The lowest BCUT2D eigenvalue weighted by Crippen LogP contribution is -2.37. The van der Waals surface area contributed by atoms with Gasteiger partial charge in [-0.2, -0.15) is 0 Å². The van der Waals surface area contributed by atoms with E-state index in [1.165, 1.54) is 21.4 Å². The quantitative estimate of drug-likeness (QED) is 0.440. The van der Waals surface area contributed by atoms with Crippen LogP contribution in [0.4, 0.5) is 20.6 Å². The fourth-order valence-electron chi connectivity index (χ4n) is 3.85. The predicted molar refractivity (Wildman–Crippen MR) is 129 cm³/mol. The van der Waals surface area contributed by atoms with E-state index in [9.17, 15) is 14.0 Å². The van der Waals surface area contributed by atoms with Crippen LogP contribution in [0.15, 0.2) is 66.7 Å². The van der Waals surface area contributed by atoms with Crippen LogP contribution in [0.25, 0.3) is 20.8 Å². The highest BCUT2D eigenvalue weighted by Gasteiger charge is 2.32. The number of carbonyl (C=O) groups is 2. The molecule has 5 rings (SSSR count).